The minimum Gasteiger partial charge on any atom is -0.481 e. The van der Waals surface area contributed by atoms with Gasteiger partial charge >= 0.3 is 5.97 Å². The van der Waals surface area contributed by atoms with Crippen LogP contribution in [-0.4, -0.2) is 35.1 Å². The molecule has 1 heterocycles. The molecule has 3 nitrogen and oxygen atoms in total. The summed E-state index contributed by atoms with van der Waals surface area (Å²) < 4.78 is 0. The first kappa shape index (κ1) is 13.5. The molecule has 0 aromatic carbocycles. The summed E-state index contributed by atoms with van der Waals surface area (Å²) in [7, 11) is 0. The van der Waals surface area contributed by atoms with E-state index in [2.05, 4.69) is 32.6 Å². The number of hydrogen-bond acceptors (Lipinski definition) is 2. The molecule has 1 fully saturated rings. The lowest BCUT2D eigenvalue weighted by Crippen LogP contribution is -2.55. The molecule has 1 aliphatic rings. The highest BCUT2D eigenvalue weighted by Gasteiger charge is 2.37. The van der Waals surface area contributed by atoms with Crippen molar-refractivity contribution in [1.29, 1.82) is 0 Å². The van der Waals surface area contributed by atoms with Crippen LogP contribution in [0.25, 0.3) is 0 Å². The van der Waals surface area contributed by atoms with Gasteiger partial charge in [-0.05, 0) is 31.1 Å². The maximum absolute atomic E-state index is 10.4. The van der Waals surface area contributed by atoms with Gasteiger partial charge in [0.05, 0.1) is 0 Å². The predicted molar refractivity (Wildman–Crippen MR) is 65.5 cm³/mol. The number of likely N-dealkylation sites (tertiary alicyclic amines) is 1. The smallest absolute Gasteiger partial charge is 0.303 e. The standard InChI is InChI=1S/C13H25NO2/c1-10(6-5-7-12(15)16)14-8-11(9-14)13(2,3)4/h10-11H,5-9H2,1-4H3,(H,15,16). The molecule has 1 atom stereocenters. The second-order valence-electron chi connectivity index (χ2n) is 6.15. The summed E-state index contributed by atoms with van der Waals surface area (Å²) in [6, 6.07) is 0.540. The summed E-state index contributed by atoms with van der Waals surface area (Å²) in [4.78, 5) is 12.9. The molecule has 1 N–H and O–H groups in total. The zero-order valence-corrected chi connectivity index (χ0v) is 11.0. The van der Waals surface area contributed by atoms with Gasteiger partial charge in [-0.1, -0.05) is 20.8 Å². The Kier molecular flexibility index (Phi) is 4.36. The molecule has 0 amide bonds. The van der Waals surface area contributed by atoms with E-state index in [-0.39, 0.29) is 0 Å². The zero-order valence-electron chi connectivity index (χ0n) is 11.0. The third-order valence-corrected chi connectivity index (χ3v) is 3.77. The van der Waals surface area contributed by atoms with Crippen molar-refractivity contribution in [1.82, 2.24) is 4.90 Å². The third-order valence-electron chi connectivity index (χ3n) is 3.77. The van der Waals surface area contributed by atoms with Gasteiger partial charge in [0, 0.05) is 25.6 Å². The van der Waals surface area contributed by atoms with Gasteiger partial charge in [0.15, 0.2) is 0 Å². The first-order valence-electron chi connectivity index (χ1n) is 6.26. The van der Waals surface area contributed by atoms with Gasteiger partial charge in [-0.2, -0.15) is 0 Å². The molecule has 0 bridgehead atoms. The highest BCUT2D eigenvalue weighted by molar-refractivity contribution is 5.66. The molecular weight excluding hydrogens is 202 g/mol. The fraction of sp³-hybridized carbons (Fsp3) is 0.923. The zero-order chi connectivity index (χ0) is 12.3. The van der Waals surface area contributed by atoms with Gasteiger partial charge < -0.3 is 5.11 Å². The number of aliphatic carboxylic acids is 1. The molecule has 1 rings (SSSR count). The topological polar surface area (TPSA) is 40.5 Å². The van der Waals surface area contributed by atoms with Crippen LogP contribution in [0.15, 0.2) is 0 Å². The molecule has 0 spiro atoms. The molecule has 1 saturated heterocycles. The largest absolute Gasteiger partial charge is 0.481 e. The maximum atomic E-state index is 10.4. The Balaban J connectivity index is 2.17. The van der Waals surface area contributed by atoms with Crippen LogP contribution in [0, 0.1) is 11.3 Å². The van der Waals surface area contributed by atoms with Crippen LogP contribution in [0.4, 0.5) is 0 Å². The molecule has 1 unspecified atom stereocenters. The summed E-state index contributed by atoms with van der Waals surface area (Å²) in [5.74, 6) is 0.123. The number of nitrogens with zero attached hydrogens (tertiary/aromatic N) is 1. The van der Waals surface area contributed by atoms with Crippen LogP contribution in [0.3, 0.4) is 0 Å². The molecule has 3 heteroatoms. The quantitative estimate of drug-likeness (QED) is 0.785. The average Bonchev–Trinajstić information content (AvgIpc) is 1.96. The van der Waals surface area contributed by atoms with Crippen LogP contribution >= 0.6 is 0 Å². The fourth-order valence-electron chi connectivity index (χ4n) is 2.15. The Morgan fingerprint density at radius 1 is 1.44 bits per heavy atom. The van der Waals surface area contributed by atoms with Crippen molar-refractivity contribution < 1.29 is 9.90 Å². The normalized spacial score (nSPS) is 20.5. The number of carboxylic acid groups (broad SMARTS) is 1. The summed E-state index contributed by atoms with van der Waals surface area (Å²) in [5.41, 5.74) is 0.414. The lowest BCUT2D eigenvalue weighted by Gasteiger charge is -2.49. The van der Waals surface area contributed by atoms with Crippen LogP contribution in [0.1, 0.15) is 47.0 Å². The molecule has 0 aromatic rings. The van der Waals surface area contributed by atoms with Crippen LogP contribution in [-0.2, 0) is 4.79 Å². The molecule has 94 valence electrons. The van der Waals surface area contributed by atoms with E-state index in [0.717, 1.165) is 18.8 Å². The maximum Gasteiger partial charge on any atom is 0.303 e. The van der Waals surface area contributed by atoms with E-state index in [1.807, 2.05) is 0 Å². The summed E-state index contributed by atoms with van der Waals surface area (Å²) >= 11 is 0. The lowest BCUT2D eigenvalue weighted by atomic mass is 9.75. The van der Waals surface area contributed by atoms with E-state index in [4.69, 9.17) is 5.11 Å². The van der Waals surface area contributed by atoms with Crippen molar-refractivity contribution in [3.8, 4) is 0 Å². The van der Waals surface area contributed by atoms with Crippen molar-refractivity contribution in [2.45, 2.75) is 53.0 Å². The van der Waals surface area contributed by atoms with Crippen molar-refractivity contribution in [2.24, 2.45) is 11.3 Å². The summed E-state index contributed by atoms with van der Waals surface area (Å²) in [6.45, 7) is 11.5. The van der Waals surface area contributed by atoms with Crippen LogP contribution in [0.2, 0.25) is 0 Å². The van der Waals surface area contributed by atoms with E-state index in [0.29, 0.717) is 17.9 Å². The Labute approximate surface area is 98.8 Å². The Bertz CT molecular complexity index is 239. The highest BCUT2D eigenvalue weighted by Crippen LogP contribution is 2.35. The fourth-order valence-corrected chi connectivity index (χ4v) is 2.15. The molecule has 0 saturated carbocycles. The van der Waals surface area contributed by atoms with Crippen molar-refractivity contribution in [3.05, 3.63) is 0 Å². The van der Waals surface area contributed by atoms with E-state index in [1.54, 1.807) is 0 Å². The predicted octanol–water partition coefficient (Wildman–Crippen LogP) is 2.61. The van der Waals surface area contributed by atoms with Gasteiger partial charge in [-0.3, -0.25) is 9.69 Å². The minimum atomic E-state index is -0.677. The van der Waals surface area contributed by atoms with E-state index >= 15 is 0 Å². The molecule has 16 heavy (non-hydrogen) atoms. The highest BCUT2D eigenvalue weighted by atomic mass is 16.4. The first-order chi connectivity index (χ1) is 7.30. The Hall–Kier alpha value is -0.570. The van der Waals surface area contributed by atoms with E-state index < -0.39 is 5.97 Å². The lowest BCUT2D eigenvalue weighted by molar-refractivity contribution is -0.137. The van der Waals surface area contributed by atoms with Gasteiger partial charge in [0.25, 0.3) is 0 Å². The van der Waals surface area contributed by atoms with Gasteiger partial charge in [0.1, 0.15) is 0 Å². The molecule has 0 aromatic heterocycles. The minimum absolute atomic E-state index is 0.306. The first-order valence-corrected chi connectivity index (χ1v) is 6.26. The van der Waals surface area contributed by atoms with E-state index in [9.17, 15) is 4.79 Å². The summed E-state index contributed by atoms with van der Waals surface area (Å²) in [6.07, 6.45) is 2.11. The van der Waals surface area contributed by atoms with Gasteiger partial charge in [0.2, 0.25) is 0 Å². The SMILES string of the molecule is CC(CCCC(=O)O)N1CC(C(C)(C)C)C1. The third kappa shape index (κ3) is 3.78. The monoisotopic (exact) mass is 227 g/mol. The molecule has 1 aliphatic heterocycles. The number of hydrogen-bond donors (Lipinski definition) is 1. The second kappa shape index (κ2) is 5.17. The van der Waals surface area contributed by atoms with Crippen molar-refractivity contribution in [3.63, 3.8) is 0 Å². The van der Waals surface area contributed by atoms with Crippen LogP contribution in [0.5, 0.6) is 0 Å². The Morgan fingerprint density at radius 2 is 2.00 bits per heavy atom. The van der Waals surface area contributed by atoms with E-state index in [1.165, 1.54) is 13.1 Å². The number of carboxylic acids is 1. The Morgan fingerprint density at radius 3 is 2.44 bits per heavy atom. The summed E-state index contributed by atoms with van der Waals surface area (Å²) in [5, 5.41) is 8.57. The van der Waals surface area contributed by atoms with Gasteiger partial charge in [-0.25, -0.2) is 0 Å². The number of rotatable bonds is 5. The number of carbonyl (C=O) groups is 1. The average molecular weight is 227 g/mol. The molecule has 0 radical (unpaired) electrons. The molecule has 0 aliphatic carbocycles. The van der Waals surface area contributed by atoms with Crippen molar-refractivity contribution in [2.75, 3.05) is 13.1 Å². The second-order valence-corrected chi connectivity index (χ2v) is 6.15. The van der Waals surface area contributed by atoms with Gasteiger partial charge in [-0.15, -0.1) is 0 Å². The molecular formula is C13H25NO2. The van der Waals surface area contributed by atoms with Crippen molar-refractivity contribution >= 4 is 5.97 Å². The van der Waals surface area contributed by atoms with Crippen LogP contribution < -0.4 is 0 Å².